The van der Waals surface area contributed by atoms with Gasteiger partial charge in [0, 0.05) is 6.04 Å². The minimum Gasteiger partial charge on any atom is -0.327 e. The van der Waals surface area contributed by atoms with Crippen molar-refractivity contribution in [1.82, 2.24) is 4.90 Å². The van der Waals surface area contributed by atoms with Crippen LogP contribution in [0.3, 0.4) is 0 Å². The van der Waals surface area contributed by atoms with Crippen molar-refractivity contribution in [2.45, 2.75) is 93.0 Å². The zero-order valence-electron chi connectivity index (χ0n) is 16.7. The van der Waals surface area contributed by atoms with Gasteiger partial charge in [-0.3, -0.25) is 0 Å². The summed E-state index contributed by atoms with van der Waals surface area (Å²) in [6, 6.07) is 0.503. The fraction of sp³-hybridized carbons (Fsp3) is 1.00. The van der Waals surface area contributed by atoms with Gasteiger partial charge in [0.05, 0.1) is 0 Å². The van der Waals surface area contributed by atoms with Crippen LogP contribution >= 0.6 is 0 Å². The lowest BCUT2D eigenvalue weighted by molar-refractivity contribution is 0.331. The van der Waals surface area contributed by atoms with Gasteiger partial charge in [0.2, 0.25) is 0 Å². The Morgan fingerprint density at radius 1 is 1.05 bits per heavy atom. The molecule has 0 saturated heterocycles. The molecule has 132 valence electrons. The first kappa shape index (κ1) is 25.9. The number of nitrogens with zero attached hydrogens (tertiary/aromatic N) is 1. The predicted octanol–water partition coefficient (Wildman–Crippen LogP) is 5.56. The third-order valence-corrected chi connectivity index (χ3v) is 3.94. The summed E-state index contributed by atoms with van der Waals surface area (Å²) in [5.41, 5.74) is 5.78. The smallest absolute Gasteiger partial charge is 0.00645 e. The van der Waals surface area contributed by atoms with Crippen molar-refractivity contribution in [3.05, 3.63) is 0 Å². The molecule has 2 nitrogen and oxygen atoms in total. The van der Waals surface area contributed by atoms with E-state index in [0.717, 1.165) is 11.8 Å². The molecule has 1 aliphatic carbocycles. The molecule has 0 heterocycles. The second-order valence-corrected chi connectivity index (χ2v) is 6.03. The Labute approximate surface area is 136 Å². The van der Waals surface area contributed by atoms with Crippen LogP contribution < -0.4 is 5.73 Å². The zero-order chi connectivity index (χ0) is 17.3. The van der Waals surface area contributed by atoms with Gasteiger partial charge in [-0.25, -0.2) is 0 Å². The molecule has 1 saturated carbocycles. The second kappa shape index (κ2) is 19.9. The highest BCUT2D eigenvalue weighted by Gasteiger charge is 2.15. The highest BCUT2D eigenvalue weighted by molar-refractivity contribution is 4.73. The maximum absolute atomic E-state index is 5.78. The van der Waals surface area contributed by atoms with Crippen molar-refractivity contribution < 1.29 is 0 Å². The zero-order valence-corrected chi connectivity index (χ0v) is 16.7. The van der Waals surface area contributed by atoms with Crippen LogP contribution in [0.1, 0.15) is 87.0 Å². The highest BCUT2D eigenvalue weighted by atomic mass is 15.0. The molecule has 2 heteroatoms. The van der Waals surface area contributed by atoms with Crippen LogP contribution in [0.4, 0.5) is 0 Å². The normalized spacial score (nSPS) is 21.9. The molecule has 0 spiro atoms. The molecule has 0 aliphatic heterocycles. The van der Waals surface area contributed by atoms with Crippen LogP contribution in [-0.4, -0.2) is 31.6 Å². The van der Waals surface area contributed by atoms with Crippen molar-refractivity contribution >= 4 is 0 Å². The Morgan fingerprint density at radius 3 is 1.81 bits per heavy atom. The van der Waals surface area contributed by atoms with Gasteiger partial charge in [-0.1, -0.05) is 67.7 Å². The van der Waals surface area contributed by atoms with Gasteiger partial charge in [0.15, 0.2) is 0 Å². The van der Waals surface area contributed by atoms with Gasteiger partial charge < -0.3 is 10.6 Å². The van der Waals surface area contributed by atoms with Crippen molar-refractivity contribution in [3.8, 4) is 0 Å². The Bertz CT molecular complexity index is 159. The van der Waals surface area contributed by atoms with E-state index < -0.39 is 0 Å². The van der Waals surface area contributed by atoms with E-state index >= 15 is 0 Å². The third kappa shape index (κ3) is 19.9. The Morgan fingerprint density at radius 2 is 1.52 bits per heavy atom. The fourth-order valence-corrected chi connectivity index (χ4v) is 2.03. The molecule has 1 fully saturated rings. The minimum absolute atomic E-state index is 0.503. The molecular formula is C19H46N2. The first-order chi connectivity index (χ1) is 9.97. The quantitative estimate of drug-likeness (QED) is 0.736. The maximum atomic E-state index is 5.78. The molecule has 0 aromatic carbocycles. The fourth-order valence-electron chi connectivity index (χ4n) is 2.03. The van der Waals surface area contributed by atoms with Crippen molar-refractivity contribution in [1.29, 1.82) is 0 Å². The van der Waals surface area contributed by atoms with Crippen molar-refractivity contribution in [2.75, 3.05) is 20.6 Å². The molecule has 0 radical (unpaired) electrons. The van der Waals surface area contributed by atoms with E-state index in [1.54, 1.807) is 0 Å². The molecule has 2 N–H and O–H groups in total. The van der Waals surface area contributed by atoms with Crippen LogP contribution in [-0.2, 0) is 0 Å². The largest absolute Gasteiger partial charge is 0.327 e. The number of hydrogen-bond donors (Lipinski definition) is 1. The molecule has 0 aromatic rings. The number of rotatable bonds is 4. The van der Waals surface area contributed by atoms with Crippen molar-refractivity contribution in [3.63, 3.8) is 0 Å². The minimum atomic E-state index is 0.503. The molecule has 3 atom stereocenters. The standard InChI is InChI=1S/C8H19N.C7H15N.2C2H6/c1-5-8(2)6-7-9(3)4;1-6-4-2-3-5-7(6)8;2*1-2/h8H,5-7H2,1-4H3;6-7H,2-5,8H2,1H3;2*1-2H3. The van der Waals surface area contributed by atoms with Gasteiger partial charge in [-0.15, -0.1) is 0 Å². The summed E-state index contributed by atoms with van der Waals surface area (Å²) in [4.78, 5) is 2.24. The third-order valence-electron chi connectivity index (χ3n) is 3.94. The first-order valence-corrected chi connectivity index (χ1v) is 9.37. The number of nitrogens with two attached hydrogens (primary N) is 1. The molecular weight excluding hydrogens is 256 g/mol. The van der Waals surface area contributed by atoms with Crippen molar-refractivity contribution in [2.24, 2.45) is 17.6 Å². The molecule has 0 aromatic heterocycles. The predicted molar refractivity (Wildman–Crippen MR) is 101 cm³/mol. The highest BCUT2D eigenvalue weighted by Crippen LogP contribution is 2.21. The molecule has 1 aliphatic rings. The lowest BCUT2D eigenvalue weighted by Crippen LogP contribution is -2.30. The molecule has 1 rings (SSSR count). The van der Waals surface area contributed by atoms with E-state index in [1.165, 1.54) is 45.1 Å². The van der Waals surface area contributed by atoms with E-state index in [-0.39, 0.29) is 0 Å². The first-order valence-electron chi connectivity index (χ1n) is 9.37. The summed E-state index contributed by atoms with van der Waals surface area (Å²) in [6.45, 7) is 16.0. The maximum Gasteiger partial charge on any atom is 0.00645 e. The average Bonchev–Trinajstić information content (AvgIpc) is 2.52. The van der Waals surface area contributed by atoms with E-state index in [1.807, 2.05) is 27.7 Å². The van der Waals surface area contributed by atoms with E-state index in [2.05, 4.69) is 39.8 Å². The lowest BCUT2D eigenvalue weighted by Gasteiger charge is -2.24. The van der Waals surface area contributed by atoms with Crippen LogP contribution in [0.15, 0.2) is 0 Å². The summed E-state index contributed by atoms with van der Waals surface area (Å²) >= 11 is 0. The molecule has 3 unspecified atom stereocenters. The molecule has 0 bridgehead atoms. The number of hydrogen-bond acceptors (Lipinski definition) is 2. The summed E-state index contributed by atoms with van der Waals surface area (Å²) < 4.78 is 0. The van der Waals surface area contributed by atoms with Gasteiger partial charge in [0.1, 0.15) is 0 Å². The monoisotopic (exact) mass is 302 g/mol. The lowest BCUT2D eigenvalue weighted by atomic mass is 9.87. The average molecular weight is 303 g/mol. The Hall–Kier alpha value is -0.0800. The Kier molecular flexibility index (Phi) is 24.5. The van der Waals surface area contributed by atoms with Gasteiger partial charge in [-0.05, 0) is 51.7 Å². The molecule has 21 heavy (non-hydrogen) atoms. The SMILES string of the molecule is CC.CC.CC1CCCCC1N.CCC(C)CCN(C)C. The summed E-state index contributed by atoms with van der Waals surface area (Å²) in [5, 5.41) is 0. The van der Waals surface area contributed by atoms with Gasteiger partial charge in [0.25, 0.3) is 0 Å². The summed E-state index contributed by atoms with van der Waals surface area (Å²) in [6.07, 6.45) is 8.00. The van der Waals surface area contributed by atoms with Crippen LogP contribution in [0.25, 0.3) is 0 Å². The van der Waals surface area contributed by atoms with Crippen LogP contribution in [0.5, 0.6) is 0 Å². The van der Waals surface area contributed by atoms with Crippen LogP contribution in [0.2, 0.25) is 0 Å². The van der Waals surface area contributed by atoms with Crippen LogP contribution in [0, 0.1) is 11.8 Å². The van der Waals surface area contributed by atoms with Gasteiger partial charge >= 0.3 is 0 Å². The van der Waals surface area contributed by atoms with Gasteiger partial charge in [-0.2, -0.15) is 0 Å². The van der Waals surface area contributed by atoms with E-state index in [9.17, 15) is 0 Å². The topological polar surface area (TPSA) is 29.3 Å². The molecule has 0 amide bonds. The van der Waals surface area contributed by atoms with E-state index in [4.69, 9.17) is 5.73 Å². The van der Waals surface area contributed by atoms with E-state index in [0.29, 0.717) is 6.04 Å². The second-order valence-electron chi connectivity index (χ2n) is 6.03. The summed E-state index contributed by atoms with van der Waals surface area (Å²) in [5.74, 6) is 1.68. The summed E-state index contributed by atoms with van der Waals surface area (Å²) in [7, 11) is 4.25. The Balaban J connectivity index is -0.000000250.